The summed E-state index contributed by atoms with van der Waals surface area (Å²) in [4.78, 5) is 38.0. The monoisotopic (exact) mass is 385 g/mol. The van der Waals surface area contributed by atoms with Crippen molar-refractivity contribution in [1.29, 1.82) is 0 Å². The maximum Gasteiger partial charge on any atom is 0.272 e. The van der Waals surface area contributed by atoms with Crippen LogP contribution in [0.3, 0.4) is 0 Å². The Morgan fingerprint density at radius 3 is 2.89 bits per heavy atom. The highest BCUT2D eigenvalue weighted by Crippen LogP contribution is 2.31. The molecule has 9 nitrogen and oxygen atoms in total. The highest BCUT2D eigenvalue weighted by atomic mass is 16.2. The van der Waals surface area contributed by atoms with Gasteiger partial charge in [0.1, 0.15) is 12.0 Å². The minimum atomic E-state index is -0.174. The average Bonchev–Trinajstić information content (AvgIpc) is 3.07. The van der Waals surface area contributed by atoms with Crippen LogP contribution in [0.2, 0.25) is 0 Å². The lowest BCUT2D eigenvalue weighted by Crippen LogP contribution is -2.62. The van der Waals surface area contributed by atoms with E-state index in [1.165, 1.54) is 6.33 Å². The van der Waals surface area contributed by atoms with Crippen molar-refractivity contribution in [3.05, 3.63) is 23.8 Å². The number of carbonyl (C=O) groups is 2. The fraction of sp³-hybridized carbons (Fsp3) is 0.632. The molecule has 2 aromatic heterocycles. The summed E-state index contributed by atoms with van der Waals surface area (Å²) < 4.78 is 1.69. The molecule has 0 saturated carbocycles. The van der Waals surface area contributed by atoms with Crippen LogP contribution in [0.5, 0.6) is 0 Å². The summed E-state index contributed by atoms with van der Waals surface area (Å²) in [6.07, 6.45) is 3.55. The van der Waals surface area contributed by atoms with Gasteiger partial charge >= 0.3 is 0 Å². The van der Waals surface area contributed by atoms with Crippen molar-refractivity contribution >= 4 is 17.6 Å². The van der Waals surface area contributed by atoms with Crippen molar-refractivity contribution < 1.29 is 9.59 Å². The van der Waals surface area contributed by atoms with Crippen molar-refractivity contribution in [1.82, 2.24) is 34.7 Å². The number of amides is 2. The maximum absolute atomic E-state index is 13.3. The molecule has 1 atom stereocenters. The number of rotatable bonds is 2. The lowest BCUT2D eigenvalue weighted by molar-refractivity contribution is -0.121. The average molecular weight is 385 g/mol. The van der Waals surface area contributed by atoms with E-state index in [2.05, 4.69) is 46.2 Å². The van der Waals surface area contributed by atoms with Gasteiger partial charge in [0.05, 0.1) is 5.69 Å². The normalized spacial score (nSPS) is 24.0. The first-order valence-corrected chi connectivity index (χ1v) is 9.87. The fourth-order valence-electron chi connectivity index (χ4n) is 4.29. The van der Waals surface area contributed by atoms with Gasteiger partial charge in [0.15, 0.2) is 0 Å². The zero-order valence-corrected chi connectivity index (χ0v) is 16.7. The van der Waals surface area contributed by atoms with Crippen molar-refractivity contribution in [2.45, 2.75) is 44.6 Å². The molecule has 4 heterocycles. The Hall–Kier alpha value is -2.55. The number of nitrogens with zero attached hydrogens (tertiary/aromatic N) is 6. The molecular weight excluding hydrogens is 358 g/mol. The van der Waals surface area contributed by atoms with Crippen LogP contribution in [0.1, 0.15) is 55.2 Å². The summed E-state index contributed by atoms with van der Waals surface area (Å²) in [6.45, 7) is 6.80. The molecule has 1 N–H and O–H groups in total. The van der Waals surface area contributed by atoms with E-state index in [0.29, 0.717) is 37.5 Å². The summed E-state index contributed by atoms with van der Waals surface area (Å²) in [7, 11) is 2.09. The van der Waals surface area contributed by atoms with E-state index in [1.807, 2.05) is 11.0 Å². The minimum absolute atomic E-state index is 0.0802. The molecular formula is C19H27N7O2. The second kappa shape index (κ2) is 7.12. The molecule has 1 spiro atoms. The zero-order valence-electron chi connectivity index (χ0n) is 16.7. The molecule has 28 heavy (non-hydrogen) atoms. The summed E-state index contributed by atoms with van der Waals surface area (Å²) in [5, 5.41) is 7.17. The van der Waals surface area contributed by atoms with Crippen LogP contribution >= 0.6 is 0 Å². The van der Waals surface area contributed by atoms with Gasteiger partial charge in [0.2, 0.25) is 5.91 Å². The van der Waals surface area contributed by atoms with Crippen LogP contribution in [-0.4, -0.2) is 80.0 Å². The first-order chi connectivity index (χ1) is 13.4. The number of piperazine rings is 1. The Kier molecular flexibility index (Phi) is 4.78. The van der Waals surface area contributed by atoms with E-state index in [0.717, 1.165) is 25.1 Å². The maximum atomic E-state index is 13.3. The summed E-state index contributed by atoms with van der Waals surface area (Å²) >= 11 is 0. The van der Waals surface area contributed by atoms with Crippen LogP contribution in [0, 0.1) is 0 Å². The number of carbonyl (C=O) groups excluding carboxylic acids is 2. The predicted molar refractivity (Wildman–Crippen MR) is 103 cm³/mol. The molecule has 0 aromatic carbocycles. The molecule has 0 unspecified atom stereocenters. The Morgan fingerprint density at radius 1 is 1.29 bits per heavy atom. The van der Waals surface area contributed by atoms with Crippen molar-refractivity contribution in [2.75, 3.05) is 33.2 Å². The van der Waals surface area contributed by atoms with Crippen molar-refractivity contribution in [3.8, 4) is 0 Å². The lowest BCUT2D eigenvalue weighted by Gasteiger charge is -2.49. The number of fused-ring (bicyclic) bond motifs is 1. The molecule has 2 aliphatic rings. The topological polar surface area (TPSA) is 95.7 Å². The molecule has 9 heteroatoms. The van der Waals surface area contributed by atoms with Gasteiger partial charge in [-0.1, -0.05) is 13.8 Å². The molecule has 150 valence electrons. The van der Waals surface area contributed by atoms with Crippen LogP contribution in [0.25, 0.3) is 5.78 Å². The summed E-state index contributed by atoms with van der Waals surface area (Å²) in [6, 6.07) is 1.83. The first kappa shape index (κ1) is 18.8. The fourth-order valence-corrected chi connectivity index (χ4v) is 4.29. The summed E-state index contributed by atoms with van der Waals surface area (Å²) in [5.74, 6) is 0.650. The Bertz CT molecular complexity index is 909. The lowest BCUT2D eigenvalue weighted by atomic mass is 9.86. The van der Waals surface area contributed by atoms with Crippen LogP contribution in [-0.2, 0) is 4.79 Å². The Balaban J connectivity index is 1.63. The minimum Gasteiger partial charge on any atom is -0.356 e. The highest BCUT2D eigenvalue weighted by molar-refractivity contribution is 5.93. The van der Waals surface area contributed by atoms with Crippen molar-refractivity contribution in [3.63, 3.8) is 0 Å². The SMILES string of the molecule is CC(C)c1cc(C(=O)N2CCN(C)[C@@]3(CCNC(=O)CC3)C2)nc2ncnn12. The molecule has 2 saturated heterocycles. The largest absolute Gasteiger partial charge is 0.356 e. The highest BCUT2D eigenvalue weighted by Gasteiger charge is 2.42. The second-order valence-corrected chi connectivity index (χ2v) is 8.17. The molecule has 2 aliphatic heterocycles. The van der Waals surface area contributed by atoms with E-state index in [1.54, 1.807) is 4.52 Å². The molecule has 0 bridgehead atoms. The quantitative estimate of drug-likeness (QED) is 0.817. The second-order valence-electron chi connectivity index (χ2n) is 8.17. The number of hydrogen-bond acceptors (Lipinski definition) is 6. The third-order valence-electron chi connectivity index (χ3n) is 6.11. The third kappa shape index (κ3) is 3.23. The molecule has 2 aromatic rings. The number of nitrogens with one attached hydrogen (secondary N) is 1. The van der Waals surface area contributed by atoms with E-state index in [9.17, 15) is 9.59 Å². The van der Waals surface area contributed by atoms with Crippen LogP contribution < -0.4 is 5.32 Å². The standard InChI is InChI=1S/C19H27N7O2/c1-13(2)15-10-14(23-18-21-12-22-26(15)18)17(28)25-9-8-24(3)19(11-25)5-4-16(27)20-7-6-19/h10,12-13H,4-9,11H2,1-3H3,(H,20,27)/t19-/m0/s1. The van der Waals surface area contributed by atoms with Gasteiger partial charge in [0.25, 0.3) is 11.7 Å². The number of aromatic nitrogens is 4. The third-order valence-corrected chi connectivity index (χ3v) is 6.11. The molecule has 0 aliphatic carbocycles. The van der Waals surface area contributed by atoms with E-state index in [-0.39, 0.29) is 23.3 Å². The smallest absolute Gasteiger partial charge is 0.272 e. The molecule has 0 radical (unpaired) electrons. The van der Waals surface area contributed by atoms with E-state index < -0.39 is 0 Å². The van der Waals surface area contributed by atoms with Gasteiger partial charge < -0.3 is 10.2 Å². The van der Waals surface area contributed by atoms with Crippen LogP contribution in [0.15, 0.2) is 12.4 Å². The molecule has 4 rings (SSSR count). The van der Waals surface area contributed by atoms with Crippen LogP contribution in [0.4, 0.5) is 0 Å². The van der Waals surface area contributed by atoms with Crippen molar-refractivity contribution in [2.24, 2.45) is 0 Å². The van der Waals surface area contributed by atoms with Gasteiger partial charge in [-0.25, -0.2) is 9.50 Å². The van der Waals surface area contributed by atoms with E-state index >= 15 is 0 Å². The molecule has 2 fully saturated rings. The van der Waals surface area contributed by atoms with Gasteiger partial charge in [-0.2, -0.15) is 10.1 Å². The Labute approximate surface area is 164 Å². The van der Waals surface area contributed by atoms with Gasteiger partial charge in [-0.05, 0) is 31.9 Å². The van der Waals surface area contributed by atoms with E-state index in [4.69, 9.17) is 0 Å². The number of likely N-dealkylation sites (N-methyl/N-ethyl adjacent to an activating group) is 1. The number of hydrogen-bond donors (Lipinski definition) is 1. The summed E-state index contributed by atoms with van der Waals surface area (Å²) in [5.41, 5.74) is 1.15. The predicted octanol–water partition coefficient (Wildman–Crippen LogP) is 0.674. The van der Waals surface area contributed by atoms with Gasteiger partial charge in [0, 0.05) is 38.1 Å². The first-order valence-electron chi connectivity index (χ1n) is 9.87. The Morgan fingerprint density at radius 2 is 2.11 bits per heavy atom. The van der Waals surface area contributed by atoms with Gasteiger partial charge in [-0.3, -0.25) is 14.5 Å². The molecule has 2 amide bonds. The zero-order chi connectivity index (χ0) is 19.9. The van der Waals surface area contributed by atoms with Gasteiger partial charge in [-0.15, -0.1) is 0 Å².